The number of carboxylic acid groups (broad SMARTS) is 1. The van der Waals surface area contributed by atoms with E-state index in [0.717, 1.165) is 12.8 Å². The lowest BCUT2D eigenvalue weighted by Crippen LogP contribution is -2.40. The smallest absolute Gasteiger partial charge is 0.328 e. The molecule has 0 aliphatic carbocycles. The first-order valence-electron chi connectivity index (χ1n) is 7.47. The Labute approximate surface area is 131 Å². The van der Waals surface area contributed by atoms with E-state index in [1.165, 1.54) is 6.92 Å². The van der Waals surface area contributed by atoms with E-state index in [9.17, 15) is 14.4 Å². The first kappa shape index (κ1) is 20.4. The Bertz CT molecular complexity index is 390. The van der Waals surface area contributed by atoms with Crippen LogP contribution in [0.4, 0.5) is 0 Å². The van der Waals surface area contributed by atoms with Gasteiger partial charge in [0, 0.05) is 6.42 Å². The van der Waals surface area contributed by atoms with E-state index in [1.54, 1.807) is 0 Å². The summed E-state index contributed by atoms with van der Waals surface area (Å²) in [7, 11) is 0. The Morgan fingerprint density at radius 1 is 1.27 bits per heavy atom. The quantitative estimate of drug-likeness (QED) is 0.432. The van der Waals surface area contributed by atoms with Crippen LogP contribution in [0.5, 0.6) is 0 Å². The lowest BCUT2D eigenvalue weighted by atomic mass is 9.91. The van der Waals surface area contributed by atoms with Crippen LogP contribution in [0.15, 0.2) is 0 Å². The Morgan fingerprint density at radius 3 is 2.36 bits per heavy atom. The van der Waals surface area contributed by atoms with E-state index in [1.807, 2.05) is 0 Å². The van der Waals surface area contributed by atoms with Crippen LogP contribution in [-0.2, 0) is 19.1 Å². The molecule has 0 aromatic heterocycles. The van der Waals surface area contributed by atoms with Crippen molar-refractivity contribution in [2.75, 3.05) is 6.61 Å². The molecule has 7 heteroatoms. The third kappa shape index (κ3) is 10.1. The molecule has 128 valence electrons. The topological polar surface area (TPSA) is 119 Å². The summed E-state index contributed by atoms with van der Waals surface area (Å²) in [6.07, 6.45) is 1.68. The summed E-state index contributed by atoms with van der Waals surface area (Å²) in [4.78, 5) is 33.8. The van der Waals surface area contributed by atoms with Crippen LogP contribution in [0.2, 0.25) is 0 Å². The number of hydrogen-bond acceptors (Lipinski definition) is 5. The van der Waals surface area contributed by atoms with Crippen molar-refractivity contribution in [2.45, 2.75) is 65.5 Å². The minimum absolute atomic E-state index is 0.0223. The average molecular weight is 316 g/mol. The van der Waals surface area contributed by atoms with Gasteiger partial charge in [0.05, 0.1) is 6.61 Å². The highest BCUT2D eigenvalue weighted by Crippen LogP contribution is 2.20. The molecule has 0 aliphatic heterocycles. The van der Waals surface area contributed by atoms with Gasteiger partial charge in [0.15, 0.2) is 0 Å². The van der Waals surface area contributed by atoms with Crippen molar-refractivity contribution in [1.82, 2.24) is 5.32 Å². The fraction of sp³-hybridized carbons (Fsp3) is 0.800. The molecular formula is C15H28N2O5. The molecule has 0 saturated heterocycles. The molecule has 2 unspecified atom stereocenters. The molecule has 1 amide bonds. The van der Waals surface area contributed by atoms with Gasteiger partial charge in [-0.3, -0.25) is 9.59 Å². The van der Waals surface area contributed by atoms with Gasteiger partial charge >= 0.3 is 11.9 Å². The van der Waals surface area contributed by atoms with Crippen LogP contribution in [0.1, 0.15) is 53.4 Å². The predicted molar refractivity (Wildman–Crippen MR) is 82.1 cm³/mol. The van der Waals surface area contributed by atoms with Crippen molar-refractivity contribution in [3.05, 3.63) is 0 Å². The van der Waals surface area contributed by atoms with Crippen LogP contribution in [0, 0.1) is 5.41 Å². The number of nitrogens with one attached hydrogen (secondary N) is 1. The van der Waals surface area contributed by atoms with E-state index >= 15 is 0 Å². The minimum Gasteiger partial charge on any atom is -0.480 e. The van der Waals surface area contributed by atoms with Crippen molar-refractivity contribution in [1.29, 1.82) is 0 Å². The number of esters is 1. The maximum Gasteiger partial charge on any atom is 0.328 e. The van der Waals surface area contributed by atoms with E-state index in [0.29, 0.717) is 6.61 Å². The summed E-state index contributed by atoms with van der Waals surface area (Å²) in [5.41, 5.74) is 5.49. The van der Waals surface area contributed by atoms with Gasteiger partial charge in [-0.25, -0.2) is 4.79 Å². The number of carbonyl (C=O) groups is 3. The molecule has 7 nitrogen and oxygen atoms in total. The van der Waals surface area contributed by atoms with E-state index in [2.05, 4.69) is 26.1 Å². The Balaban J connectivity index is 3.94. The molecule has 0 aliphatic rings. The monoisotopic (exact) mass is 316 g/mol. The standard InChI is InChI=1S/C15H28N2O5/c1-10(14(21)22-9-5-8-15(2,3)4)17-12(18)7-6-11(16)13(19)20/h10-11H,5-9,16H2,1-4H3,(H,17,18)(H,19,20). The number of ether oxygens (including phenoxy) is 1. The van der Waals surface area contributed by atoms with Gasteiger partial charge in [-0.2, -0.15) is 0 Å². The predicted octanol–water partition coefficient (Wildman–Crippen LogP) is 1.05. The highest BCUT2D eigenvalue weighted by atomic mass is 16.5. The molecule has 0 aromatic carbocycles. The second kappa shape index (κ2) is 9.40. The lowest BCUT2D eigenvalue weighted by Gasteiger charge is -2.18. The second-order valence-corrected chi connectivity index (χ2v) is 6.60. The zero-order valence-corrected chi connectivity index (χ0v) is 13.8. The molecule has 0 rings (SSSR count). The molecule has 0 saturated carbocycles. The van der Waals surface area contributed by atoms with Crippen LogP contribution in [0.3, 0.4) is 0 Å². The Hall–Kier alpha value is -1.63. The molecule has 22 heavy (non-hydrogen) atoms. The molecule has 0 fully saturated rings. The number of hydrogen-bond donors (Lipinski definition) is 3. The molecule has 4 N–H and O–H groups in total. The summed E-state index contributed by atoms with van der Waals surface area (Å²) in [6, 6.07) is -1.84. The largest absolute Gasteiger partial charge is 0.480 e. The van der Waals surface area contributed by atoms with Crippen LogP contribution < -0.4 is 11.1 Å². The summed E-state index contributed by atoms with van der Waals surface area (Å²) in [5, 5.41) is 11.1. The molecule has 0 spiro atoms. The summed E-state index contributed by atoms with van der Waals surface area (Å²) < 4.78 is 5.09. The molecule has 2 atom stereocenters. The fourth-order valence-corrected chi connectivity index (χ4v) is 1.68. The normalized spacial score (nSPS) is 14.0. The average Bonchev–Trinajstić information content (AvgIpc) is 2.39. The summed E-state index contributed by atoms with van der Waals surface area (Å²) in [6.45, 7) is 8.18. The number of carboxylic acids is 1. The van der Waals surface area contributed by atoms with Crippen LogP contribution in [-0.4, -0.2) is 41.6 Å². The fourth-order valence-electron chi connectivity index (χ4n) is 1.68. The first-order valence-corrected chi connectivity index (χ1v) is 7.47. The highest BCUT2D eigenvalue weighted by Gasteiger charge is 2.19. The molecule has 0 radical (unpaired) electrons. The Morgan fingerprint density at radius 2 is 1.86 bits per heavy atom. The maximum absolute atomic E-state index is 11.7. The zero-order chi connectivity index (χ0) is 17.3. The van der Waals surface area contributed by atoms with Crippen molar-refractivity contribution in [3.63, 3.8) is 0 Å². The minimum atomic E-state index is -1.15. The van der Waals surface area contributed by atoms with Gasteiger partial charge in [0.1, 0.15) is 12.1 Å². The van der Waals surface area contributed by atoms with Gasteiger partial charge < -0.3 is 20.9 Å². The lowest BCUT2D eigenvalue weighted by molar-refractivity contribution is -0.147. The van der Waals surface area contributed by atoms with Gasteiger partial charge in [0.25, 0.3) is 0 Å². The maximum atomic E-state index is 11.7. The molecule has 0 heterocycles. The summed E-state index contributed by atoms with van der Waals surface area (Å²) >= 11 is 0. The molecule has 0 aromatic rings. The van der Waals surface area contributed by atoms with Gasteiger partial charge in [-0.15, -0.1) is 0 Å². The zero-order valence-electron chi connectivity index (χ0n) is 13.8. The first-order chi connectivity index (χ1) is 10.0. The number of nitrogens with two attached hydrogens (primary N) is 1. The number of amides is 1. The third-order valence-electron chi connectivity index (χ3n) is 3.05. The number of rotatable bonds is 9. The van der Waals surface area contributed by atoms with E-state index in [4.69, 9.17) is 15.6 Å². The van der Waals surface area contributed by atoms with Crippen LogP contribution >= 0.6 is 0 Å². The SMILES string of the molecule is CC(NC(=O)CCC(N)C(=O)O)C(=O)OCCCC(C)(C)C. The summed E-state index contributed by atoms with van der Waals surface area (Å²) in [5.74, 6) is -2.07. The van der Waals surface area contributed by atoms with E-state index in [-0.39, 0.29) is 18.3 Å². The van der Waals surface area contributed by atoms with Gasteiger partial charge in [0.2, 0.25) is 5.91 Å². The molecule has 0 bridgehead atoms. The van der Waals surface area contributed by atoms with Crippen molar-refractivity contribution in [3.8, 4) is 0 Å². The van der Waals surface area contributed by atoms with Gasteiger partial charge in [-0.1, -0.05) is 20.8 Å². The Kier molecular flexibility index (Phi) is 8.70. The van der Waals surface area contributed by atoms with Crippen molar-refractivity contribution >= 4 is 17.8 Å². The van der Waals surface area contributed by atoms with Gasteiger partial charge in [-0.05, 0) is 31.6 Å². The number of carbonyl (C=O) groups excluding carboxylic acids is 2. The molecular weight excluding hydrogens is 288 g/mol. The van der Waals surface area contributed by atoms with Crippen molar-refractivity contribution in [2.24, 2.45) is 11.1 Å². The highest BCUT2D eigenvalue weighted by molar-refractivity contribution is 5.84. The third-order valence-corrected chi connectivity index (χ3v) is 3.05. The number of aliphatic carboxylic acids is 1. The van der Waals surface area contributed by atoms with E-state index < -0.39 is 29.9 Å². The van der Waals surface area contributed by atoms with Crippen molar-refractivity contribution < 1.29 is 24.2 Å². The van der Waals surface area contributed by atoms with Crippen LogP contribution in [0.25, 0.3) is 0 Å². The second-order valence-electron chi connectivity index (χ2n) is 6.60.